The molecule has 0 aliphatic heterocycles. The normalized spacial score (nSPS) is 13.4. The molecular formula is C14H16N6OS2. The highest BCUT2D eigenvalue weighted by Gasteiger charge is 2.22. The van der Waals surface area contributed by atoms with Gasteiger partial charge in [0.2, 0.25) is 11.1 Å². The van der Waals surface area contributed by atoms with Crippen LogP contribution in [-0.2, 0) is 17.6 Å². The first-order valence-electron chi connectivity index (χ1n) is 7.24. The summed E-state index contributed by atoms with van der Waals surface area (Å²) in [6.45, 7) is 1.74. The van der Waals surface area contributed by atoms with Gasteiger partial charge >= 0.3 is 0 Å². The molecule has 2 heterocycles. The van der Waals surface area contributed by atoms with E-state index in [9.17, 15) is 10.1 Å². The van der Waals surface area contributed by atoms with Crippen molar-refractivity contribution in [2.24, 2.45) is 0 Å². The average Bonchev–Trinajstić information content (AvgIpc) is 3.06. The smallest absolute Gasteiger partial charge is 0.235 e. The van der Waals surface area contributed by atoms with Gasteiger partial charge in [0.05, 0.1) is 11.3 Å². The summed E-state index contributed by atoms with van der Waals surface area (Å²) in [6, 6.07) is 2.24. The predicted molar refractivity (Wildman–Crippen MR) is 89.9 cm³/mol. The first-order chi connectivity index (χ1) is 11.1. The summed E-state index contributed by atoms with van der Waals surface area (Å²) in [7, 11) is 0. The number of amides is 1. The molecule has 0 radical (unpaired) electrons. The fraction of sp³-hybridized carbons (Fsp3) is 0.429. The lowest BCUT2D eigenvalue weighted by Gasteiger charge is -2.09. The van der Waals surface area contributed by atoms with Gasteiger partial charge in [0.1, 0.15) is 16.9 Å². The monoisotopic (exact) mass is 348 g/mol. The highest BCUT2D eigenvalue weighted by molar-refractivity contribution is 7.99. The van der Waals surface area contributed by atoms with E-state index >= 15 is 0 Å². The summed E-state index contributed by atoms with van der Waals surface area (Å²) in [4.78, 5) is 13.4. The van der Waals surface area contributed by atoms with Gasteiger partial charge < -0.3 is 11.2 Å². The number of thioether (sulfide) groups is 1. The molecule has 1 aliphatic rings. The van der Waals surface area contributed by atoms with Gasteiger partial charge in [0, 0.05) is 4.88 Å². The largest absolute Gasteiger partial charge is 0.336 e. The molecule has 1 aliphatic carbocycles. The highest BCUT2D eigenvalue weighted by Crippen LogP contribution is 2.37. The van der Waals surface area contributed by atoms with Crippen molar-refractivity contribution >= 4 is 34.0 Å². The van der Waals surface area contributed by atoms with E-state index in [2.05, 4.69) is 21.6 Å². The van der Waals surface area contributed by atoms with Crippen molar-refractivity contribution in [1.82, 2.24) is 14.9 Å². The number of aryl methyl sites for hydroxylation is 2. The van der Waals surface area contributed by atoms with Gasteiger partial charge in [-0.3, -0.25) is 4.79 Å². The van der Waals surface area contributed by atoms with Crippen LogP contribution in [0.15, 0.2) is 5.16 Å². The van der Waals surface area contributed by atoms with E-state index in [4.69, 9.17) is 5.84 Å². The van der Waals surface area contributed by atoms with Crippen LogP contribution >= 0.6 is 23.1 Å². The molecule has 3 N–H and O–H groups in total. The van der Waals surface area contributed by atoms with E-state index in [-0.39, 0.29) is 11.7 Å². The van der Waals surface area contributed by atoms with E-state index in [1.807, 2.05) is 0 Å². The fourth-order valence-corrected chi connectivity index (χ4v) is 4.47. The molecule has 2 aromatic rings. The predicted octanol–water partition coefficient (Wildman–Crippen LogP) is 1.84. The minimum absolute atomic E-state index is 0.169. The van der Waals surface area contributed by atoms with Crippen LogP contribution in [0.2, 0.25) is 0 Å². The Hall–Kier alpha value is -2.05. The Labute approximate surface area is 141 Å². The molecule has 0 unspecified atom stereocenters. The van der Waals surface area contributed by atoms with Crippen LogP contribution < -0.4 is 11.2 Å². The molecule has 7 nitrogen and oxygen atoms in total. The van der Waals surface area contributed by atoms with E-state index < -0.39 is 0 Å². The lowest BCUT2D eigenvalue weighted by atomic mass is 9.96. The first kappa shape index (κ1) is 15.8. The minimum atomic E-state index is -0.175. The van der Waals surface area contributed by atoms with Crippen LogP contribution in [0, 0.1) is 18.3 Å². The number of rotatable bonds is 4. The van der Waals surface area contributed by atoms with Crippen molar-refractivity contribution in [2.45, 2.75) is 37.8 Å². The van der Waals surface area contributed by atoms with Gasteiger partial charge in [-0.2, -0.15) is 5.26 Å². The summed E-state index contributed by atoms with van der Waals surface area (Å²) in [5.74, 6) is 6.33. The van der Waals surface area contributed by atoms with E-state index in [1.165, 1.54) is 32.7 Å². The molecule has 3 rings (SSSR count). The zero-order chi connectivity index (χ0) is 16.4. The number of thiophene rings is 1. The Balaban J connectivity index is 1.67. The molecule has 2 aromatic heterocycles. The Kier molecular flexibility index (Phi) is 4.54. The highest BCUT2D eigenvalue weighted by atomic mass is 32.2. The summed E-state index contributed by atoms with van der Waals surface area (Å²) in [5.41, 5.74) is 1.74. The molecule has 120 valence electrons. The average molecular weight is 348 g/mol. The maximum Gasteiger partial charge on any atom is 0.235 e. The number of hydrogen-bond acceptors (Lipinski definition) is 7. The third-order valence-corrected chi connectivity index (χ3v) is 5.85. The molecular weight excluding hydrogens is 332 g/mol. The summed E-state index contributed by atoms with van der Waals surface area (Å²) in [6.07, 6.45) is 4.17. The molecule has 9 heteroatoms. The Bertz CT molecular complexity index is 788. The third-order valence-electron chi connectivity index (χ3n) is 3.70. The number of carbonyl (C=O) groups excluding carboxylic acids is 1. The van der Waals surface area contributed by atoms with Crippen LogP contribution in [0.3, 0.4) is 0 Å². The van der Waals surface area contributed by atoms with E-state index in [0.717, 1.165) is 31.2 Å². The lowest BCUT2D eigenvalue weighted by molar-refractivity contribution is -0.113. The van der Waals surface area contributed by atoms with E-state index in [1.54, 1.807) is 6.92 Å². The van der Waals surface area contributed by atoms with Crippen LogP contribution in [0.25, 0.3) is 0 Å². The Morgan fingerprint density at radius 2 is 2.26 bits per heavy atom. The Morgan fingerprint density at radius 1 is 1.48 bits per heavy atom. The van der Waals surface area contributed by atoms with Crippen molar-refractivity contribution in [3.05, 3.63) is 21.8 Å². The minimum Gasteiger partial charge on any atom is -0.336 e. The molecule has 0 spiro atoms. The van der Waals surface area contributed by atoms with Crippen LogP contribution in [0.4, 0.5) is 5.00 Å². The number of fused-ring (bicyclic) bond motifs is 1. The van der Waals surface area contributed by atoms with Crippen molar-refractivity contribution in [1.29, 1.82) is 5.26 Å². The SMILES string of the molecule is Cc1nnc(SCC(=O)Nc2sc3c(c2C#N)CCCC3)n1N. The molecule has 1 amide bonds. The second kappa shape index (κ2) is 6.60. The second-order valence-electron chi connectivity index (χ2n) is 5.26. The molecule has 23 heavy (non-hydrogen) atoms. The number of nitrogens with two attached hydrogens (primary N) is 1. The second-order valence-corrected chi connectivity index (χ2v) is 7.31. The van der Waals surface area contributed by atoms with Crippen molar-refractivity contribution in [3.8, 4) is 6.07 Å². The van der Waals surface area contributed by atoms with Gasteiger partial charge in [-0.1, -0.05) is 11.8 Å². The Morgan fingerprint density at radius 3 is 2.96 bits per heavy atom. The zero-order valence-electron chi connectivity index (χ0n) is 12.6. The van der Waals surface area contributed by atoms with Gasteiger partial charge in [-0.15, -0.1) is 21.5 Å². The fourth-order valence-electron chi connectivity index (χ4n) is 2.51. The number of aromatic nitrogens is 3. The van der Waals surface area contributed by atoms with Gasteiger partial charge in [0.25, 0.3) is 0 Å². The van der Waals surface area contributed by atoms with Crippen LogP contribution in [0.1, 0.15) is 34.7 Å². The number of nitriles is 1. The summed E-state index contributed by atoms with van der Waals surface area (Å²) < 4.78 is 1.35. The van der Waals surface area contributed by atoms with Gasteiger partial charge in [0.15, 0.2) is 0 Å². The summed E-state index contributed by atoms with van der Waals surface area (Å²) in [5, 5.41) is 21.1. The maximum atomic E-state index is 12.2. The van der Waals surface area contributed by atoms with Gasteiger partial charge in [-0.25, -0.2) is 4.68 Å². The number of anilines is 1. The molecule has 0 bridgehead atoms. The first-order valence-corrected chi connectivity index (χ1v) is 9.04. The lowest BCUT2D eigenvalue weighted by Crippen LogP contribution is -2.16. The molecule has 0 saturated heterocycles. The third kappa shape index (κ3) is 3.18. The number of nitrogens with zero attached hydrogens (tertiary/aromatic N) is 4. The topological polar surface area (TPSA) is 110 Å². The van der Waals surface area contributed by atoms with Crippen LogP contribution in [-0.4, -0.2) is 26.5 Å². The number of carbonyl (C=O) groups is 1. The standard InChI is InChI=1S/C14H16N6OS2/c1-8-18-19-14(20(8)16)22-7-12(21)17-13-10(6-15)9-4-2-3-5-11(9)23-13/h2-5,7,16H2,1H3,(H,17,21). The van der Waals surface area contributed by atoms with Crippen molar-refractivity contribution in [2.75, 3.05) is 16.9 Å². The molecule has 0 saturated carbocycles. The molecule has 0 aromatic carbocycles. The number of nitrogen functional groups attached to an aromatic ring is 1. The van der Waals surface area contributed by atoms with Gasteiger partial charge in [-0.05, 0) is 38.2 Å². The number of hydrogen-bond donors (Lipinski definition) is 2. The van der Waals surface area contributed by atoms with Crippen LogP contribution in [0.5, 0.6) is 0 Å². The number of nitrogens with one attached hydrogen (secondary N) is 1. The summed E-state index contributed by atoms with van der Waals surface area (Å²) >= 11 is 2.74. The van der Waals surface area contributed by atoms with Crippen molar-refractivity contribution < 1.29 is 4.79 Å². The maximum absolute atomic E-state index is 12.2. The van der Waals surface area contributed by atoms with Crippen molar-refractivity contribution in [3.63, 3.8) is 0 Å². The van der Waals surface area contributed by atoms with E-state index in [0.29, 0.717) is 21.5 Å². The quantitative estimate of drug-likeness (QED) is 0.644. The molecule has 0 fully saturated rings. The molecule has 0 atom stereocenters. The zero-order valence-corrected chi connectivity index (χ0v) is 14.3.